The lowest BCUT2D eigenvalue weighted by Crippen LogP contribution is -2.56. The SMILES string of the molecule is CC(C)[C@@H](C(=O)NCC(=O)O)N(C)C(=O)[C@H](C)NC(=O)OC(C)(C)C. The lowest BCUT2D eigenvalue weighted by Gasteiger charge is -2.32. The van der Waals surface area contributed by atoms with Crippen molar-refractivity contribution >= 4 is 23.9 Å². The molecule has 2 atom stereocenters. The molecule has 3 N–H and O–H groups in total. The van der Waals surface area contributed by atoms with E-state index >= 15 is 0 Å². The molecule has 0 rings (SSSR count). The Morgan fingerprint density at radius 2 is 1.64 bits per heavy atom. The number of amides is 3. The summed E-state index contributed by atoms with van der Waals surface area (Å²) in [5.41, 5.74) is -0.698. The van der Waals surface area contributed by atoms with E-state index in [0.29, 0.717) is 0 Å². The van der Waals surface area contributed by atoms with Gasteiger partial charge in [-0.05, 0) is 33.6 Å². The third-order valence-electron chi connectivity index (χ3n) is 3.18. The van der Waals surface area contributed by atoms with E-state index in [9.17, 15) is 19.2 Å². The Morgan fingerprint density at radius 1 is 1.12 bits per heavy atom. The molecule has 0 aliphatic heterocycles. The number of carbonyl (C=O) groups excluding carboxylic acids is 3. The van der Waals surface area contributed by atoms with Crippen LogP contribution in [0.3, 0.4) is 0 Å². The van der Waals surface area contributed by atoms with Crippen LogP contribution >= 0.6 is 0 Å². The molecule has 0 saturated carbocycles. The summed E-state index contributed by atoms with van der Waals surface area (Å²) in [5.74, 6) is -2.49. The highest BCUT2D eigenvalue weighted by Gasteiger charge is 2.33. The van der Waals surface area contributed by atoms with Crippen molar-refractivity contribution in [2.45, 2.75) is 59.2 Å². The van der Waals surface area contributed by atoms with Crippen LogP contribution in [0, 0.1) is 5.92 Å². The van der Waals surface area contributed by atoms with Gasteiger partial charge >= 0.3 is 12.1 Å². The Morgan fingerprint density at radius 3 is 2.04 bits per heavy atom. The van der Waals surface area contributed by atoms with Crippen LogP contribution in [-0.4, -0.2) is 65.2 Å². The number of hydrogen-bond donors (Lipinski definition) is 3. The number of carboxylic acids is 1. The lowest BCUT2D eigenvalue weighted by molar-refractivity contribution is -0.143. The molecule has 0 aliphatic carbocycles. The first-order valence-electron chi connectivity index (χ1n) is 8.02. The number of hydrogen-bond acceptors (Lipinski definition) is 5. The number of alkyl carbamates (subject to hydrolysis) is 1. The Hall–Kier alpha value is -2.32. The van der Waals surface area contributed by atoms with Crippen LogP contribution in [0.2, 0.25) is 0 Å². The zero-order chi connectivity index (χ0) is 19.9. The van der Waals surface area contributed by atoms with Crippen molar-refractivity contribution in [2.24, 2.45) is 5.92 Å². The number of likely N-dealkylation sites (N-methyl/N-ethyl adjacent to an activating group) is 1. The Labute approximate surface area is 148 Å². The zero-order valence-corrected chi connectivity index (χ0v) is 15.9. The van der Waals surface area contributed by atoms with Crippen LogP contribution in [0.1, 0.15) is 41.5 Å². The summed E-state index contributed by atoms with van der Waals surface area (Å²) in [6.45, 7) is 9.53. The molecule has 0 saturated heterocycles. The average Bonchev–Trinajstić information content (AvgIpc) is 2.41. The van der Waals surface area contributed by atoms with Gasteiger partial charge in [-0.25, -0.2) is 4.79 Å². The van der Waals surface area contributed by atoms with Gasteiger partial charge in [-0.2, -0.15) is 0 Å². The fourth-order valence-electron chi connectivity index (χ4n) is 2.18. The third-order valence-corrected chi connectivity index (χ3v) is 3.18. The van der Waals surface area contributed by atoms with Crippen LogP contribution in [0.4, 0.5) is 4.79 Å². The van der Waals surface area contributed by atoms with Gasteiger partial charge in [0, 0.05) is 7.05 Å². The molecule has 0 aliphatic rings. The predicted octanol–water partition coefficient (Wildman–Crippen LogP) is 0.583. The fraction of sp³-hybridized carbons (Fsp3) is 0.750. The number of ether oxygens (including phenoxy) is 1. The minimum absolute atomic E-state index is 0.253. The van der Waals surface area contributed by atoms with Crippen molar-refractivity contribution in [3.8, 4) is 0 Å². The number of nitrogens with zero attached hydrogens (tertiary/aromatic N) is 1. The molecule has 0 aromatic carbocycles. The maximum Gasteiger partial charge on any atom is 0.408 e. The maximum absolute atomic E-state index is 12.5. The smallest absolute Gasteiger partial charge is 0.408 e. The van der Waals surface area contributed by atoms with Crippen molar-refractivity contribution in [1.29, 1.82) is 0 Å². The van der Waals surface area contributed by atoms with Crippen LogP contribution in [-0.2, 0) is 19.1 Å². The second kappa shape index (κ2) is 9.24. The highest BCUT2D eigenvalue weighted by atomic mass is 16.6. The molecule has 9 heteroatoms. The Bertz CT molecular complexity index is 512. The van der Waals surface area contributed by atoms with E-state index in [2.05, 4.69) is 10.6 Å². The molecular weight excluding hydrogens is 330 g/mol. The number of carbonyl (C=O) groups is 4. The first-order valence-corrected chi connectivity index (χ1v) is 8.02. The summed E-state index contributed by atoms with van der Waals surface area (Å²) in [5, 5.41) is 13.3. The average molecular weight is 359 g/mol. The Kier molecular flexibility index (Phi) is 8.38. The van der Waals surface area contributed by atoms with Gasteiger partial charge in [0.1, 0.15) is 24.2 Å². The van der Waals surface area contributed by atoms with E-state index in [1.807, 2.05) is 0 Å². The van der Waals surface area contributed by atoms with E-state index in [0.717, 1.165) is 0 Å². The molecule has 0 aromatic heterocycles. The van der Waals surface area contributed by atoms with Crippen molar-refractivity contribution in [3.63, 3.8) is 0 Å². The van der Waals surface area contributed by atoms with Gasteiger partial charge in [0.2, 0.25) is 11.8 Å². The molecule has 0 heterocycles. The van der Waals surface area contributed by atoms with Gasteiger partial charge in [0.25, 0.3) is 0 Å². The summed E-state index contributed by atoms with van der Waals surface area (Å²) in [6, 6.07) is -1.77. The summed E-state index contributed by atoms with van der Waals surface area (Å²) >= 11 is 0. The molecular formula is C16H29N3O6. The monoisotopic (exact) mass is 359 g/mol. The second-order valence-corrected chi connectivity index (χ2v) is 7.12. The van der Waals surface area contributed by atoms with Gasteiger partial charge in [0.15, 0.2) is 0 Å². The summed E-state index contributed by atoms with van der Waals surface area (Å²) < 4.78 is 5.09. The fourth-order valence-corrected chi connectivity index (χ4v) is 2.18. The highest BCUT2D eigenvalue weighted by Crippen LogP contribution is 2.12. The van der Waals surface area contributed by atoms with Crippen molar-refractivity contribution in [1.82, 2.24) is 15.5 Å². The third kappa shape index (κ3) is 8.37. The number of nitrogens with one attached hydrogen (secondary N) is 2. The van der Waals surface area contributed by atoms with Gasteiger partial charge < -0.3 is 25.4 Å². The van der Waals surface area contributed by atoms with Crippen LogP contribution in [0.15, 0.2) is 0 Å². The molecule has 25 heavy (non-hydrogen) atoms. The minimum Gasteiger partial charge on any atom is -0.480 e. The lowest BCUT2D eigenvalue weighted by atomic mass is 10.0. The summed E-state index contributed by atoms with van der Waals surface area (Å²) in [4.78, 5) is 48.2. The van der Waals surface area contributed by atoms with E-state index < -0.39 is 48.1 Å². The van der Waals surface area contributed by atoms with E-state index in [1.165, 1.54) is 18.9 Å². The van der Waals surface area contributed by atoms with Crippen molar-refractivity contribution in [3.05, 3.63) is 0 Å². The quantitative estimate of drug-likeness (QED) is 0.611. The summed E-state index contributed by atoms with van der Waals surface area (Å²) in [7, 11) is 1.43. The summed E-state index contributed by atoms with van der Waals surface area (Å²) in [6.07, 6.45) is -0.738. The number of carboxylic acid groups (broad SMARTS) is 1. The maximum atomic E-state index is 12.5. The van der Waals surface area contributed by atoms with E-state index in [-0.39, 0.29) is 5.92 Å². The Balaban J connectivity index is 4.96. The van der Waals surface area contributed by atoms with E-state index in [1.54, 1.807) is 34.6 Å². The van der Waals surface area contributed by atoms with Gasteiger partial charge in [0.05, 0.1) is 0 Å². The molecule has 144 valence electrons. The molecule has 0 fully saturated rings. The van der Waals surface area contributed by atoms with Crippen LogP contribution < -0.4 is 10.6 Å². The molecule has 3 amide bonds. The topological polar surface area (TPSA) is 125 Å². The largest absolute Gasteiger partial charge is 0.480 e. The molecule has 9 nitrogen and oxygen atoms in total. The van der Waals surface area contributed by atoms with Crippen molar-refractivity contribution < 1.29 is 29.0 Å². The first-order chi connectivity index (χ1) is 11.3. The molecule has 0 aromatic rings. The first kappa shape index (κ1) is 22.7. The highest BCUT2D eigenvalue weighted by molar-refractivity contribution is 5.92. The second-order valence-electron chi connectivity index (χ2n) is 7.12. The molecule has 0 radical (unpaired) electrons. The van der Waals surface area contributed by atoms with Gasteiger partial charge in [-0.15, -0.1) is 0 Å². The number of aliphatic carboxylic acids is 1. The van der Waals surface area contributed by atoms with Gasteiger partial charge in [-0.3, -0.25) is 14.4 Å². The van der Waals surface area contributed by atoms with E-state index in [4.69, 9.17) is 9.84 Å². The minimum atomic E-state index is -1.18. The molecule has 0 spiro atoms. The van der Waals surface area contributed by atoms with Crippen LogP contribution in [0.25, 0.3) is 0 Å². The standard InChI is InChI=1S/C16H29N3O6/c1-9(2)12(13(22)17-8-11(20)21)19(7)14(23)10(3)18-15(24)25-16(4,5)6/h9-10,12H,8H2,1-7H3,(H,17,22)(H,18,24)(H,20,21)/t10-,12-/m0/s1. The molecule has 0 unspecified atom stereocenters. The number of rotatable bonds is 7. The molecule has 0 bridgehead atoms. The van der Waals surface area contributed by atoms with Crippen molar-refractivity contribution in [2.75, 3.05) is 13.6 Å². The predicted molar refractivity (Wildman–Crippen MR) is 90.9 cm³/mol. The zero-order valence-electron chi connectivity index (χ0n) is 15.9. The normalized spacial score (nSPS) is 13.6. The van der Waals surface area contributed by atoms with Gasteiger partial charge in [-0.1, -0.05) is 13.8 Å². The van der Waals surface area contributed by atoms with Crippen LogP contribution in [0.5, 0.6) is 0 Å².